The van der Waals surface area contributed by atoms with Crippen LogP contribution in [0.2, 0.25) is 0 Å². The Bertz CT molecular complexity index is 715. The number of nitro benzene ring substituents is 3. The molecule has 0 bridgehead atoms. The molecule has 1 N–H and O–H groups in total. The first kappa shape index (κ1) is 21.1. The Labute approximate surface area is 150 Å². The number of nitrogens with zero attached hydrogens (tertiary/aromatic N) is 3. The van der Waals surface area contributed by atoms with Crippen LogP contribution >= 0.6 is 0 Å². The zero-order valence-corrected chi connectivity index (χ0v) is 14.3. The van der Waals surface area contributed by atoms with Crippen molar-refractivity contribution in [1.29, 1.82) is 0 Å². The van der Waals surface area contributed by atoms with Gasteiger partial charge in [0, 0.05) is 6.54 Å². The maximum absolute atomic E-state index is 10.9. The standard InChI is InChI=1S/C8H8N4O9S.Na/c13-10(14)5-3-6(11(15)16)8(7(4-5)12(17)18)9-1-2-22(19,20)21;/h3-4,9H,1-2H2,(H,19,20,21);/q;+1/p-1. The molecule has 120 valence electrons. The van der Waals surface area contributed by atoms with Crippen LogP contribution in [0.5, 0.6) is 0 Å². The van der Waals surface area contributed by atoms with Gasteiger partial charge in [0.2, 0.25) is 0 Å². The first-order valence-corrected chi connectivity index (χ1v) is 6.89. The molecule has 1 aromatic carbocycles. The van der Waals surface area contributed by atoms with Gasteiger partial charge in [-0.05, 0) is 0 Å². The third kappa shape index (κ3) is 6.03. The molecule has 0 aliphatic carbocycles. The van der Waals surface area contributed by atoms with Crippen LogP contribution in [0.4, 0.5) is 22.7 Å². The largest absolute Gasteiger partial charge is 1.00 e. The summed E-state index contributed by atoms with van der Waals surface area (Å²) in [4.78, 5) is 29.1. The topological polar surface area (TPSA) is 199 Å². The minimum atomic E-state index is -4.64. The quantitative estimate of drug-likeness (QED) is 0.233. The minimum absolute atomic E-state index is 0. The molecular formula is C8H7N4NaO9S. The summed E-state index contributed by atoms with van der Waals surface area (Å²) in [6, 6.07) is 0.974. The van der Waals surface area contributed by atoms with Crippen molar-refractivity contribution in [3.8, 4) is 0 Å². The van der Waals surface area contributed by atoms with E-state index < -0.39 is 59.9 Å². The van der Waals surface area contributed by atoms with E-state index in [2.05, 4.69) is 5.32 Å². The van der Waals surface area contributed by atoms with Crippen molar-refractivity contribution in [2.45, 2.75) is 0 Å². The first-order chi connectivity index (χ1) is 10.0. The summed E-state index contributed by atoms with van der Waals surface area (Å²) in [5, 5.41) is 34.5. The monoisotopic (exact) mass is 358 g/mol. The first-order valence-electron chi connectivity index (χ1n) is 5.31. The second-order valence-electron chi connectivity index (χ2n) is 3.82. The molecule has 0 radical (unpaired) electrons. The van der Waals surface area contributed by atoms with Gasteiger partial charge in [0.25, 0.3) is 5.69 Å². The number of hydrogen-bond donors (Lipinski definition) is 1. The van der Waals surface area contributed by atoms with Gasteiger partial charge in [0.15, 0.2) is 5.69 Å². The van der Waals surface area contributed by atoms with E-state index in [-0.39, 0.29) is 29.6 Å². The fraction of sp³-hybridized carbons (Fsp3) is 0.250. The third-order valence-electron chi connectivity index (χ3n) is 2.34. The van der Waals surface area contributed by atoms with Gasteiger partial charge in [-0.2, -0.15) is 0 Å². The zero-order valence-electron chi connectivity index (χ0n) is 11.5. The Kier molecular flexibility index (Phi) is 7.45. The van der Waals surface area contributed by atoms with E-state index in [1.165, 1.54) is 0 Å². The Hall–Kier alpha value is -1.87. The van der Waals surface area contributed by atoms with Crippen LogP contribution < -0.4 is 34.9 Å². The summed E-state index contributed by atoms with van der Waals surface area (Å²) in [6.45, 7) is -0.634. The molecule has 1 aromatic rings. The summed E-state index contributed by atoms with van der Waals surface area (Å²) < 4.78 is 31.3. The summed E-state index contributed by atoms with van der Waals surface area (Å²) >= 11 is 0. The number of hydrogen-bond acceptors (Lipinski definition) is 10. The minimum Gasteiger partial charge on any atom is -0.748 e. The van der Waals surface area contributed by atoms with Crippen molar-refractivity contribution in [3.63, 3.8) is 0 Å². The molecule has 0 aliphatic heterocycles. The van der Waals surface area contributed by atoms with Crippen LogP contribution in [-0.2, 0) is 10.1 Å². The molecular weight excluding hydrogens is 351 g/mol. The van der Waals surface area contributed by atoms with E-state index in [1.54, 1.807) is 0 Å². The molecule has 13 nitrogen and oxygen atoms in total. The van der Waals surface area contributed by atoms with E-state index >= 15 is 0 Å². The van der Waals surface area contributed by atoms with Gasteiger partial charge in [0.1, 0.15) is 0 Å². The van der Waals surface area contributed by atoms with Crippen molar-refractivity contribution in [3.05, 3.63) is 42.5 Å². The Morgan fingerprint density at radius 2 is 1.39 bits per heavy atom. The van der Waals surface area contributed by atoms with Crippen molar-refractivity contribution in [1.82, 2.24) is 0 Å². The molecule has 1 rings (SSSR count). The van der Waals surface area contributed by atoms with Gasteiger partial charge in [-0.1, -0.05) is 0 Å². The predicted molar refractivity (Wildman–Crippen MR) is 69.5 cm³/mol. The molecule has 0 aliphatic rings. The summed E-state index contributed by atoms with van der Waals surface area (Å²) in [6.07, 6.45) is 0. The Balaban J connectivity index is 0.00000484. The maximum atomic E-state index is 10.9. The van der Waals surface area contributed by atoms with Crippen LogP contribution in [0, 0.1) is 30.3 Å². The molecule has 0 heterocycles. The van der Waals surface area contributed by atoms with E-state index in [0.717, 1.165) is 0 Å². The SMILES string of the molecule is O=[N+]([O-])c1cc([N+](=O)[O-])c(NCCS(=O)(=O)[O-])c([N+](=O)[O-])c1.[Na+]. The fourth-order valence-electron chi connectivity index (χ4n) is 1.47. The third-order valence-corrected chi connectivity index (χ3v) is 3.04. The van der Waals surface area contributed by atoms with E-state index in [0.29, 0.717) is 12.1 Å². The van der Waals surface area contributed by atoms with Crippen LogP contribution in [0.25, 0.3) is 0 Å². The molecule has 0 saturated heterocycles. The molecule has 0 saturated carbocycles. The van der Waals surface area contributed by atoms with E-state index in [1.807, 2.05) is 0 Å². The number of benzene rings is 1. The van der Waals surface area contributed by atoms with E-state index in [9.17, 15) is 43.3 Å². The summed E-state index contributed by atoms with van der Waals surface area (Å²) in [7, 11) is -4.64. The molecule has 0 fully saturated rings. The second kappa shape index (κ2) is 8.11. The van der Waals surface area contributed by atoms with Gasteiger partial charge >= 0.3 is 40.9 Å². The number of nitrogens with one attached hydrogen (secondary N) is 1. The number of nitro groups is 3. The Morgan fingerprint density at radius 1 is 0.957 bits per heavy atom. The van der Waals surface area contributed by atoms with Gasteiger partial charge in [-0.3, -0.25) is 30.3 Å². The van der Waals surface area contributed by atoms with Crippen LogP contribution in [0.3, 0.4) is 0 Å². The molecule has 0 aromatic heterocycles. The maximum Gasteiger partial charge on any atom is 1.00 e. The van der Waals surface area contributed by atoms with Crippen LogP contribution in [0.1, 0.15) is 0 Å². The average molecular weight is 358 g/mol. The summed E-state index contributed by atoms with van der Waals surface area (Å²) in [5.74, 6) is -0.974. The molecule has 0 unspecified atom stereocenters. The molecule has 23 heavy (non-hydrogen) atoms. The average Bonchev–Trinajstić information content (AvgIpc) is 2.36. The molecule has 0 spiro atoms. The van der Waals surface area contributed by atoms with E-state index in [4.69, 9.17) is 0 Å². The van der Waals surface area contributed by atoms with Crippen molar-refractivity contribution in [2.24, 2.45) is 0 Å². The Morgan fingerprint density at radius 3 is 1.70 bits per heavy atom. The fourth-order valence-corrected chi connectivity index (χ4v) is 1.82. The van der Waals surface area contributed by atoms with Crippen LogP contribution in [-0.4, -0.2) is 40.0 Å². The van der Waals surface area contributed by atoms with Gasteiger partial charge in [-0.15, -0.1) is 0 Å². The molecule has 15 heteroatoms. The normalized spacial score (nSPS) is 10.5. The second-order valence-corrected chi connectivity index (χ2v) is 5.34. The number of non-ortho nitro benzene ring substituents is 1. The van der Waals surface area contributed by atoms with Crippen molar-refractivity contribution >= 4 is 32.9 Å². The van der Waals surface area contributed by atoms with Crippen LogP contribution in [0.15, 0.2) is 12.1 Å². The zero-order chi connectivity index (χ0) is 17.1. The van der Waals surface area contributed by atoms with Crippen molar-refractivity contribution < 1.29 is 57.3 Å². The van der Waals surface area contributed by atoms with Gasteiger partial charge in [0.05, 0.1) is 42.8 Å². The van der Waals surface area contributed by atoms with Gasteiger partial charge in [-0.25, -0.2) is 8.42 Å². The van der Waals surface area contributed by atoms with Crippen molar-refractivity contribution in [2.75, 3.05) is 17.6 Å². The predicted octanol–water partition coefficient (Wildman–Crippen LogP) is -2.63. The van der Waals surface area contributed by atoms with Gasteiger partial charge < -0.3 is 9.87 Å². The smallest absolute Gasteiger partial charge is 0.748 e. The number of anilines is 1. The molecule has 0 amide bonds. The number of rotatable bonds is 7. The molecule has 0 atom stereocenters. The summed E-state index contributed by atoms with van der Waals surface area (Å²) in [5.41, 5.74) is -3.56.